The number of unbranched alkanes of at least 4 members (excludes halogenated alkanes) is 3. The number of rotatable bonds is 7. The lowest BCUT2D eigenvalue weighted by Gasteiger charge is -2.10. The first-order valence-electron chi connectivity index (χ1n) is 8.28. The van der Waals surface area contributed by atoms with E-state index < -0.39 is 12.9 Å². The van der Waals surface area contributed by atoms with Gasteiger partial charge in [-0.3, -0.25) is 0 Å². The van der Waals surface area contributed by atoms with Gasteiger partial charge in [0.2, 0.25) is 0 Å². The maximum absolute atomic E-state index is 14.0. The molecule has 0 amide bonds. The summed E-state index contributed by atoms with van der Waals surface area (Å²) >= 11 is 0. The molecule has 2 N–H and O–H groups in total. The topological polar surface area (TPSA) is 40.5 Å². The third kappa shape index (κ3) is 4.66. The summed E-state index contributed by atoms with van der Waals surface area (Å²) in [6.07, 6.45) is 6.04. The fraction of sp³-hybridized carbons (Fsp3) is 0.368. The van der Waals surface area contributed by atoms with Crippen LogP contribution < -0.4 is 5.46 Å². The zero-order valence-corrected chi connectivity index (χ0v) is 13.8. The highest BCUT2D eigenvalue weighted by Gasteiger charge is 2.20. The second-order valence-electron chi connectivity index (χ2n) is 6.07. The predicted octanol–water partition coefficient (Wildman–Crippen LogP) is 3.60. The normalized spacial score (nSPS) is 10.8. The average Bonchev–Trinajstić information content (AvgIpc) is 2.51. The predicted molar refractivity (Wildman–Crippen MR) is 94.2 cm³/mol. The third-order valence-electron chi connectivity index (χ3n) is 4.20. The van der Waals surface area contributed by atoms with Crippen molar-refractivity contribution < 1.29 is 14.4 Å². The molecular weight excluding hydrogens is 290 g/mol. The Morgan fingerprint density at radius 2 is 1.65 bits per heavy atom. The number of hydrogen-bond acceptors (Lipinski definition) is 2. The van der Waals surface area contributed by atoms with Crippen LogP contribution in [0.2, 0.25) is 0 Å². The molecule has 122 valence electrons. The van der Waals surface area contributed by atoms with Crippen molar-refractivity contribution in [2.45, 2.75) is 46.0 Å². The summed E-state index contributed by atoms with van der Waals surface area (Å²) in [6, 6.07) is 11.3. The van der Waals surface area contributed by atoms with Gasteiger partial charge in [-0.05, 0) is 48.1 Å². The van der Waals surface area contributed by atoms with Crippen molar-refractivity contribution in [1.82, 2.24) is 0 Å². The largest absolute Gasteiger partial charge is 0.491 e. The Bertz CT molecular complexity index is 615. The van der Waals surface area contributed by atoms with Crippen LogP contribution >= 0.6 is 0 Å². The van der Waals surface area contributed by atoms with E-state index in [1.165, 1.54) is 37.3 Å². The van der Waals surface area contributed by atoms with Crippen LogP contribution in [0.3, 0.4) is 0 Å². The summed E-state index contributed by atoms with van der Waals surface area (Å²) in [5.74, 6) is -0.585. The molecule has 23 heavy (non-hydrogen) atoms. The summed E-state index contributed by atoms with van der Waals surface area (Å²) < 4.78 is 14.0. The van der Waals surface area contributed by atoms with Crippen LogP contribution in [-0.4, -0.2) is 17.2 Å². The van der Waals surface area contributed by atoms with Crippen LogP contribution in [0, 0.1) is 12.7 Å². The number of benzene rings is 2. The Kier molecular flexibility index (Phi) is 6.37. The Balaban J connectivity index is 2.13. The van der Waals surface area contributed by atoms with Gasteiger partial charge in [-0.1, -0.05) is 56.5 Å². The molecule has 0 radical (unpaired) electrons. The molecule has 0 aliphatic rings. The van der Waals surface area contributed by atoms with Gasteiger partial charge in [0.1, 0.15) is 5.82 Å². The van der Waals surface area contributed by atoms with E-state index in [2.05, 4.69) is 19.1 Å². The van der Waals surface area contributed by atoms with Gasteiger partial charge in [0.25, 0.3) is 0 Å². The van der Waals surface area contributed by atoms with Crippen molar-refractivity contribution >= 4 is 12.6 Å². The van der Waals surface area contributed by atoms with Crippen LogP contribution in [0.1, 0.15) is 43.7 Å². The number of aryl methyl sites for hydroxylation is 2. The second kappa shape index (κ2) is 8.28. The quantitative estimate of drug-likeness (QED) is 0.605. The molecule has 0 aliphatic heterocycles. The molecule has 0 saturated carbocycles. The monoisotopic (exact) mass is 314 g/mol. The van der Waals surface area contributed by atoms with Crippen molar-refractivity contribution in [3.63, 3.8) is 0 Å². The summed E-state index contributed by atoms with van der Waals surface area (Å²) in [6.45, 7) is 3.89. The average molecular weight is 314 g/mol. The van der Waals surface area contributed by atoms with E-state index in [0.29, 0.717) is 5.56 Å². The summed E-state index contributed by atoms with van der Waals surface area (Å²) in [5.41, 5.74) is 3.47. The van der Waals surface area contributed by atoms with Crippen molar-refractivity contribution in [2.75, 3.05) is 0 Å². The van der Waals surface area contributed by atoms with E-state index in [4.69, 9.17) is 0 Å². The lowest BCUT2D eigenvalue weighted by atomic mass is 9.76. The zero-order valence-electron chi connectivity index (χ0n) is 13.8. The summed E-state index contributed by atoms with van der Waals surface area (Å²) in [5, 5.41) is 18.4. The van der Waals surface area contributed by atoms with E-state index in [9.17, 15) is 14.4 Å². The number of hydrogen-bond donors (Lipinski definition) is 2. The maximum Gasteiger partial charge on any atom is 0.491 e. The first-order valence-corrected chi connectivity index (χ1v) is 8.28. The first-order chi connectivity index (χ1) is 11.0. The second-order valence-corrected chi connectivity index (χ2v) is 6.07. The minimum Gasteiger partial charge on any atom is -0.423 e. The smallest absolute Gasteiger partial charge is 0.423 e. The molecule has 2 aromatic carbocycles. The molecule has 0 aromatic heterocycles. The molecule has 0 heterocycles. The molecule has 0 fully saturated rings. The van der Waals surface area contributed by atoms with E-state index in [0.717, 1.165) is 17.5 Å². The molecule has 0 unspecified atom stereocenters. The van der Waals surface area contributed by atoms with Gasteiger partial charge in [-0.25, -0.2) is 4.39 Å². The Labute approximate surface area is 138 Å². The SMILES string of the molecule is CCCCCCc1ccc(-c2cc(C)c(B(O)O)c(F)c2)cc1. The van der Waals surface area contributed by atoms with Gasteiger partial charge in [-0.2, -0.15) is 0 Å². The maximum atomic E-state index is 14.0. The summed E-state index contributed by atoms with van der Waals surface area (Å²) in [7, 11) is -1.78. The molecule has 0 saturated heterocycles. The first kappa shape index (κ1) is 17.7. The Morgan fingerprint density at radius 1 is 0.957 bits per heavy atom. The highest BCUT2D eigenvalue weighted by atomic mass is 19.1. The fourth-order valence-electron chi connectivity index (χ4n) is 2.87. The van der Waals surface area contributed by atoms with Gasteiger partial charge in [0, 0.05) is 5.46 Å². The van der Waals surface area contributed by atoms with E-state index in [1.807, 2.05) is 12.1 Å². The van der Waals surface area contributed by atoms with Gasteiger partial charge in [0.05, 0.1) is 0 Å². The standard InChI is InChI=1S/C19H24BFO2/c1-3-4-5-6-7-15-8-10-16(11-9-15)17-12-14(2)19(20(22)23)18(21)13-17/h8-13,22-23H,3-7H2,1-2H3. The van der Waals surface area contributed by atoms with Crippen LogP contribution in [-0.2, 0) is 6.42 Å². The van der Waals surface area contributed by atoms with Crippen LogP contribution in [0.25, 0.3) is 11.1 Å². The van der Waals surface area contributed by atoms with Crippen molar-refractivity contribution in [1.29, 1.82) is 0 Å². The summed E-state index contributed by atoms with van der Waals surface area (Å²) in [4.78, 5) is 0. The van der Waals surface area contributed by atoms with Crippen LogP contribution in [0.4, 0.5) is 4.39 Å². The fourth-order valence-corrected chi connectivity index (χ4v) is 2.87. The Hall–Kier alpha value is -1.65. The van der Waals surface area contributed by atoms with E-state index in [-0.39, 0.29) is 5.46 Å². The molecule has 4 heteroatoms. The molecule has 2 aromatic rings. The minimum atomic E-state index is -1.78. The molecule has 0 atom stereocenters. The van der Waals surface area contributed by atoms with Crippen molar-refractivity contribution in [3.05, 3.63) is 53.3 Å². The van der Waals surface area contributed by atoms with Gasteiger partial charge in [-0.15, -0.1) is 0 Å². The highest BCUT2D eigenvalue weighted by molar-refractivity contribution is 6.59. The van der Waals surface area contributed by atoms with Crippen LogP contribution in [0.5, 0.6) is 0 Å². The van der Waals surface area contributed by atoms with Crippen LogP contribution in [0.15, 0.2) is 36.4 Å². The molecule has 0 spiro atoms. The van der Waals surface area contributed by atoms with E-state index >= 15 is 0 Å². The molecular formula is C19H24BFO2. The lowest BCUT2D eigenvalue weighted by molar-refractivity contribution is 0.422. The minimum absolute atomic E-state index is 0.0544. The lowest BCUT2D eigenvalue weighted by Crippen LogP contribution is -2.35. The molecule has 0 aliphatic carbocycles. The third-order valence-corrected chi connectivity index (χ3v) is 4.20. The van der Waals surface area contributed by atoms with Crippen molar-refractivity contribution in [3.8, 4) is 11.1 Å². The van der Waals surface area contributed by atoms with Crippen molar-refractivity contribution in [2.24, 2.45) is 0 Å². The Morgan fingerprint density at radius 3 is 2.22 bits per heavy atom. The van der Waals surface area contributed by atoms with E-state index in [1.54, 1.807) is 13.0 Å². The number of halogens is 1. The zero-order chi connectivity index (χ0) is 16.8. The molecule has 0 bridgehead atoms. The van der Waals surface area contributed by atoms with Gasteiger partial charge in [0.15, 0.2) is 0 Å². The molecule has 2 nitrogen and oxygen atoms in total. The van der Waals surface area contributed by atoms with Gasteiger partial charge < -0.3 is 10.0 Å². The highest BCUT2D eigenvalue weighted by Crippen LogP contribution is 2.22. The van der Waals surface area contributed by atoms with Gasteiger partial charge >= 0.3 is 7.12 Å². The molecule has 2 rings (SSSR count).